The molecule has 0 aliphatic carbocycles. The third-order valence-corrected chi connectivity index (χ3v) is 3.96. The van der Waals surface area contributed by atoms with Crippen LogP contribution in [0, 0.1) is 0 Å². The minimum atomic E-state index is -0.883. The summed E-state index contributed by atoms with van der Waals surface area (Å²) < 4.78 is 0. The highest BCUT2D eigenvalue weighted by atomic mass is 16.3. The predicted molar refractivity (Wildman–Crippen MR) is 91.4 cm³/mol. The number of ketones is 1. The zero-order valence-electron chi connectivity index (χ0n) is 12.7. The maximum atomic E-state index is 13.0. The number of aliphatic hydroxyl groups is 1. The number of benzene rings is 3. The molecule has 2 nitrogen and oxygen atoms in total. The summed E-state index contributed by atoms with van der Waals surface area (Å²) in [5.41, 5.74) is 2.17. The van der Waals surface area contributed by atoms with Gasteiger partial charge in [0, 0.05) is 5.56 Å². The first-order chi connectivity index (χ1) is 11.3. The van der Waals surface area contributed by atoms with Crippen LogP contribution in [0.2, 0.25) is 0 Å². The maximum absolute atomic E-state index is 13.0. The van der Waals surface area contributed by atoms with E-state index < -0.39 is 12.0 Å². The fourth-order valence-electron chi connectivity index (χ4n) is 2.76. The highest BCUT2D eigenvalue weighted by Crippen LogP contribution is 2.33. The SMILES string of the molecule is O=C(c1ccccc1)[C@H](c1ccccc1)[C@@H](O)c1ccccc1. The number of aliphatic hydroxyl groups excluding tert-OH is 1. The molecule has 3 rings (SSSR count). The zero-order chi connectivity index (χ0) is 16.1. The van der Waals surface area contributed by atoms with E-state index in [0.717, 1.165) is 11.1 Å². The maximum Gasteiger partial charge on any atom is 0.173 e. The van der Waals surface area contributed by atoms with Crippen LogP contribution in [0.4, 0.5) is 0 Å². The Morgan fingerprint density at radius 1 is 0.652 bits per heavy atom. The van der Waals surface area contributed by atoms with Gasteiger partial charge in [-0.25, -0.2) is 0 Å². The van der Waals surface area contributed by atoms with Crippen molar-refractivity contribution in [3.63, 3.8) is 0 Å². The molecule has 0 amide bonds. The highest BCUT2D eigenvalue weighted by molar-refractivity contribution is 6.01. The van der Waals surface area contributed by atoms with Gasteiger partial charge < -0.3 is 5.11 Å². The zero-order valence-corrected chi connectivity index (χ0v) is 12.7. The van der Waals surface area contributed by atoms with E-state index in [1.165, 1.54) is 0 Å². The van der Waals surface area contributed by atoms with Crippen LogP contribution in [0.1, 0.15) is 33.5 Å². The molecule has 0 fully saturated rings. The topological polar surface area (TPSA) is 37.3 Å². The summed E-state index contributed by atoms with van der Waals surface area (Å²) in [6.07, 6.45) is -0.883. The van der Waals surface area contributed by atoms with Crippen molar-refractivity contribution in [3.8, 4) is 0 Å². The van der Waals surface area contributed by atoms with Crippen LogP contribution in [0.3, 0.4) is 0 Å². The van der Waals surface area contributed by atoms with Crippen LogP contribution in [0.25, 0.3) is 0 Å². The molecule has 0 aromatic heterocycles. The fraction of sp³-hybridized carbons (Fsp3) is 0.0952. The summed E-state index contributed by atoms with van der Waals surface area (Å²) in [6.45, 7) is 0. The Bertz CT molecular complexity index is 752. The van der Waals surface area contributed by atoms with Crippen molar-refractivity contribution in [3.05, 3.63) is 108 Å². The number of Topliss-reactive ketones (excluding diaryl/α,β-unsaturated/α-hetero) is 1. The van der Waals surface area contributed by atoms with Gasteiger partial charge in [-0.15, -0.1) is 0 Å². The van der Waals surface area contributed by atoms with Gasteiger partial charge in [-0.1, -0.05) is 91.0 Å². The molecular formula is C21H18O2. The van der Waals surface area contributed by atoms with Gasteiger partial charge in [0.1, 0.15) is 0 Å². The standard InChI is InChI=1S/C21H18O2/c22-20(17-12-6-2-7-13-17)19(16-10-4-1-5-11-16)21(23)18-14-8-3-9-15-18/h1-15,19-20,22H/t19-,20+/m1/s1. The highest BCUT2D eigenvalue weighted by Gasteiger charge is 2.30. The first-order valence-corrected chi connectivity index (χ1v) is 7.64. The van der Waals surface area contributed by atoms with Gasteiger partial charge >= 0.3 is 0 Å². The first-order valence-electron chi connectivity index (χ1n) is 7.64. The Balaban J connectivity index is 2.03. The molecule has 1 N–H and O–H groups in total. The second-order valence-corrected chi connectivity index (χ2v) is 5.47. The Labute approximate surface area is 136 Å². The van der Waals surface area contributed by atoms with Crippen molar-refractivity contribution in [1.82, 2.24) is 0 Å². The van der Waals surface area contributed by atoms with Crippen molar-refractivity contribution in [1.29, 1.82) is 0 Å². The molecule has 0 saturated carbocycles. The molecular weight excluding hydrogens is 284 g/mol. The van der Waals surface area contributed by atoms with E-state index in [0.29, 0.717) is 5.56 Å². The average molecular weight is 302 g/mol. The number of rotatable bonds is 5. The minimum absolute atomic E-state index is 0.0758. The summed E-state index contributed by atoms with van der Waals surface area (Å²) in [5, 5.41) is 10.8. The smallest absolute Gasteiger partial charge is 0.173 e. The van der Waals surface area contributed by atoms with Crippen molar-refractivity contribution in [2.45, 2.75) is 12.0 Å². The molecule has 2 atom stereocenters. The van der Waals surface area contributed by atoms with Gasteiger partial charge in [0.05, 0.1) is 12.0 Å². The molecule has 0 spiro atoms. The van der Waals surface area contributed by atoms with Crippen LogP contribution in [-0.2, 0) is 0 Å². The first kappa shape index (κ1) is 15.2. The number of carbonyl (C=O) groups is 1. The molecule has 0 unspecified atom stereocenters. The van der Waals surface area contributed by atoms with Crippen molar-refractivity contribution in [2.24, 2.45) is 0 Å². The predicted octanol–water partition coefficient (Wildman–Crippen LogP) is 4.39. The second-order valence-electron chi connectivity index (χ2n) is 5.47. The summed E-state index contributed by atoms with van der Waals surface area (Å²) >= 11 is 0. The van der Waals surface area contributed by atoms with Gasteiger partial charge in [0.2, 0.25) is 0 Å². The van der Waals surface area contributed by atoms with E-state index in [1.54, 1.807) is 12.1 Å². The lowest BCUT2D eigenvalue weighted by molar-refractivity contribution is 0.0810. The largest absolute Gasteiger partial charge is 0.387 e. The molecule has 0 saturated heterocycles. The second kappa shape index (κ2) is 7.03. The monoisotopic (exact) mass is 302 g/mol. The van der Waals surface area contributed by atoms with Crippen LogP contribution in [-0.4, -0.2) is 10.9 Å². The molecule has 0 aliphatic rings. The Hall–Kier alpha value is -2.71. The van der Waals surface area contributed by atoms with E-state index in [-0.39, 0.29) is 5.78 Å². The lowest BCUT2D eigenvalue weighted by Gasteiger charge is -2.23. The van der Waals surface area contributed by atoms with Crippen molar-refractivity contribution < 1.29 is 9.90 Å². The van der Waals surface area contributed by atoms with Gasteiger partial charge in [0.15, 0.2) is 5.78 Å². The molecule has 0 aliphatic heterocycles. The number of hydrogen-bond donors (Lipinski definition) is 1. The Morgan fingerprint density at radius 2 is 1.09 bits per heavy atom. The molecule has 0 radical (unpaired) electrons. The van der Waals surface area contributed by atoms with Gasteiger partial charge in [-0.05, 0) is 11.1 Å². The number of carbonyl (C=O) groups excluding carboxylic acids is 1. The van der Waals surface area contributed by atoms with Crippen LogP contribution in [0.15, 0.2) is 91.0 Å². The van der Waals surface area contributed by atoms with Crippen molar-refractivity contribution in [2.75, 3.05) is 0 Å². The summed E-state index contributed by atoms with van der Waals surface area (Å²) in [6, 6.07) is 27.9. The van der Waals surface area contributed by atoms with Gasteiger partial charge in [0.25, 0.3) is 0 Å². The molecule has 3 aromatic carbocycles. The van der Waals surface area contributed by atoms with E-state index in [2.05, 4.69) is 0 Å². The number of hydrogen-bond acceptors (Lipinski definition) is 2. The third-order valence-electron chi connectivity index (χ3n) is 3.96. The van der Waals surface area contributed by atoms with E-state index in [1.807, 2.05) is 78.9 Å². The molecule has 3 aromatic rings. The quantitative estimate of drug-likeness (QED) is 0.710. The van der Waals surface area contributed by atoms with Gasteiger partial charge in [-0.3, -0.25) is 4.79 Å². The molecule has 0 bridgehead atoms. The van der Waals surface area contributed by atoms with Crippen molar-refractivity contribution >= 4 is 5.78 Å². The third kappa shape index (κ3) is 3.38. The molecule has 2 heteroatoms. The lowest BCUT2D eigenvalue weighted by atomic mass is 9.83. The van der Waals surface area contributed by atoms with Gasteiger partial charge in [-0.2, -0.15) is 0 Å². The fourth-order valence-corrected chi connectivity index (χ4v) is 2.76. The van der Waals surface area contributed by atoms with E-state index in [4.69, 9.17) is 0 Å². The Morgan fingerprint density at radius 3 is 1.61 bits per heavy atom. The molecule has 23 heavy (non-hydrogen) atoms. The molecule has 114 valence electrons. The Kier molecular flexibility index (Phi) is 4.65. The van der Waals surface area contributed by atoms with E-state index in [9.17, 15) is 9.90 Å². The summed E-state index contributed by atoms with van der Waals surface area (Å²) in [5.74, 6) is -0.700. The summed E-state index contributed by atoms with van der Waals surface area (Å²) in [4.78, 5) is 13.0. The van der Waals surface area contributed by atoms with Crippen LogP contribution < -0.4 is 0 Å². The minimum Gasteiger partial charge on any atom is -0.387 e. The van der Waals surface area contributed by atoms with Crippen LogP contribution in [0.5, 0.6) is 0 Å². The lowest BCUT2D eigenvalue weighted by Crippen LogP contribution is -2.20. The van der Waals surface area contributed by atoms with Crippen LogP contribution >= 0.6 is 0 Å². The molecule has 0 heterocycles. The average Bonchev–Trinajstić information content (AvgIpc) is 2.64. The summed E-state index contributed by atoms with van der Waals surface area (Å²) in [7, 11) is 0. The normalized spacial score (nSPS) is 13.3. The van der Waals surface area contributed by atoms with E-state index >= 15 is 0 Å².